The van der Waals surface area contributed by atoms with Crippen molar-refractivity contribution in [2.75, 3.05) is 5.33 Å². The third-order valence-corrected chi connectivity index (χ3v) is 6.20. The standard InChI is InChI=1S/C15H18BrF3O4/c1-13-6-5-8-3-2-4-10-9(7-16)11(15(17,18)19)20-12(21-13)14(8,10)23-22-13/h8,10,12H,2-7H2,1H3/t8?,10-,12+,13+,14?/m0/s1. The average Bonchev–Trinajstić information content (AvgIpc) is 2.71. The van der Waals surface area contributed by atoms with E-state index in [1.807, 2.05) is 0 Å². The van der Waals surface area contributed by atoms with Crippen LogP contribution in [0.3, 0.4) is 0 Å². The highest BCUT2D eigenvalue weighted by molar-refractivity contribution is 9.09. The van der Waals surface area contributed by atoms with E-state index >= 15 is 0 Å². The van der Waals surface area contributed by atoms with Gasteiger partial charge in [0.2, 0.25) is 17.8 Å². The van der Waals surface area contributed by atoms with Gasteiger partial charge in [-0.3, -0.25) is 0 Å². The van der Waals surface area contributed by atoms with E-state index in [9.17, 15) is 13.2 Å². The van der Waals surface area contributed by atoms with Crippen LogP contribution in [0.4, 0.5) is 13.2 Å². The van der Waals surface area contributed by atoms with Crippen molar-refractivity contribution in [3.63, 3.8) is 0 Å². The number of rotatable bonds is 1. The summed E-state index contributed by atoms with van der Waals surface area (Å²) in [6.07, 6.45) is -1.89. The van der Waals surface area contributed by atoms with E-state index < -0.39 is 35.5 Å². The maximum atomic E-state index is 13.5. The van der Waals surface area contributed by atoms with Gasteiger partial charge in [-0.15, -0.1) is 0 Å². The van der Waals surface area contributed by atoms with Crippen LogP contribution in [0.1, 0.15) is 39.0 Å². The molecule has 4 fully saturated rings. The normalized spacial score (nSPS) is 46.2. The molecule has 23 heavy (non-hydrogen) atoms. The first-order valence-corrected chi connectivity index (χ1v) is 9.00. The predicted octanol–water partition coefficient (Wildman–Crippen LogP) is 4.20. The number of fused-ring (bicyclic) bond motifs is 2. The molecular weight excluding hydrogens is 381 g/mol. The van der Waals surface area contributed by atoms with E-state index in [4.69, 9.17) is 19.2 Å². The molecule has 0 aromatic rings. The summed E-state index contributed by atoms with van der Waals surface area (Å²) < 4.78 is 51.6. The molecule has 3 saturated heterocycles. The minimum atomic E-state index is -4.55. The molecule has 2 bridgehead atoms. The summed E-state index contributed by atoms with van der Waals surface area (Å²) in [5, 5.41) is 0.0916. The van der Waals surface area contributed by atoms with Crippen molar-refractivity contribution < 1.29 is 32.4 Å². The second-order valence-corrected chi connectivity index (χ2v) is 7.49. The number of hydrogen-bond donors (Lipinski definition) is 0. The molecule has 5 rings (SSSR count). The summed E-state index contributed by atoms with van der Waals surface area (Å²) in [6, 6.07) is 0. The first-order chi connectivity index (χ1) is 10.8. The van der Waals surface area contributed by atoms with Crippen LogP contribution in [0.15, 0.2) is 11.3 Å². The third-order valence-electron chi connectivity index (χ3n) is 5.60. The van der Waals surface area contributed by atoms with Gasteiger partial charge < -0.3 is 9.47 Å². The Labute approximate surface area is 140 Å². The van der Waals surface area contributed by atoms with Gasteiger partial charge in [0.25, 0.3) is 0 Å². The molecule has 0 amide bonds. The minimum absolute atomic E-state index is 0.0689. The zero-order chi connectivity index (χ0) is 16.5. The summed E-state index contributed by atoms with van der Waals surface area (Å²) in [6.45, 7) is 1.69. The van der Waals surface area contributed by atoms with E-state index in [1.54, 1.807) is 6.92 Å². The van der Waals surface area contributed by atoms with Crippen molar-refractivity contribution in [2.24, 2.45) is 11.8 Å². The lowest BCUT2D eigenvalue weighted by atomic mass is 9.63. The van der Waals surface area contributed by atoms with Crippen LogP contribution in [-0.2, 0) is 19.2 Å². The van der Waals surface area contributed by atoms with E-state index in [2.05, 4.69) is 15.9 Å². The summed E-state index contributed by atoms with van der Waals surface area (Å²) in [5.74, 6) is -2.34. The average molecular weight is 399 g/mol. The van der Waals surface area contributed by atoms with Gasteiger partial charge in [0.15, 0.2) is 5.60 Å². The van der Waals surface area contributed by atoms with Crippen molar-refractivity contribution >= 4 is 15.9 Å². The molecule has 8 heteroatoms. The van der Waals surface area contributed by atoms with Crippen LogP contribution in [0, 0.1) is 11.8 Å². The molecule has 1 spiro atoms. The number of halogens is 4. The minimum Gasteiger partial charge on any atom is -0.456 e. The van der Waals surface area contributed by atoms with Gasteiger partial charge in [-0.05, 0) is 37.7 Å². The Morgan fingerprint density at radius 3 is 2.70 bits per heavy atom. The second-order valence-electron chi connectivity index (χ2n) is 6.93. The molecule has 0 N–H and O–H groups in total. The first-order valence-electron chi connectivity index (χ1n) is 7.88. The maximum Gasteiger partial charge on any atom is 0.449 e. The fourth-order valence-corrected chi connectivity index (χ4v) is 5.18. The van der Waals surface area contributed by atoms with Gasteiger partial charge in [0.1, 0.15) is 0 Å². The fraction of sp³-hybridized carbons (Fsp3) is 0.867. The van der Waals surface area contributed by atoms with E-state index in [0.717, 1.165) is 19.3 Å². The molecule has 0 radical (unpaired) electrons. The summed E-state index contributed by atoms with van der Waals surface area (Å²) in [5.41, 5.74) is -0.775. The SMILES string of the molecule is C[C@@]12CCC3CCC[C@H]4C(CBr)=C(C(F)(F)F)O[C@H](O1)C34OO2. The number of alkyl halides is 4. The largest absolute Gasteiger partial charge is 0.456 e. The van der Waals surface area contributed by atoms with Gasteiger partial charge in [-0.1, -0.05) is 22.4 Å². The van der Waals surface area contributed by atoms with E-state index in [0.29, 0.717) is 12.8 Å². The summed E-state index contributed by atoms with van der Waals surface area (Å²) >= 11 is 3.21. The van der Waals surface area contributed by atoms with Crippen LogP contribution < -0.4 is 0 Å². The highest BCUT2D eigenvalue weighted by Gasteiger charge is 2.68. The molecule has 0 aromatic carbocycles. The highest BCUT2D eigenvalue weighted by Crippen LogP contribution is 2.60. The number of ether oxygens (including phenoxy) is 2. The van der Waals surface area contributed by atoms with Crippen molar-refractivity contribution in [3.05, 3.63) is 11.3 Å². The topological polar surface area (TPSA) is 36.9 Å². The van der Waals surface area contributed by atoms with Crippen molar-refractivity contribution in [1.82, 2.24) is 0 Å². The molecule has 5 atom stereocenters. The Balaban J connectivity index is 1.87. The lowest BCUT2D eigenvalue weighted by molar-refractivity contribution is -0.556. The van der Waals surface area contributed by atoms with Crippen molar-refractivity contribution in [2.45, 2.75) is 62.9 Å². The fourth-order valence-electron chi connectivity index (χ4n) is 4.54. The van der Waals surface area contributed by atoms with Gasteiger partial charge >= 0.3 is 6.18 Å². The Hall–Kier alpha value is -0.310. The summed E-state index contributed by atoms with van der Waals surface area (Å²) in [7, 11) is 0. The van der Waals surface area contributed by atoms with Gasteiger partial charge in [-0.25, -0.2) is 9.78 Å². The van der Waals surface area contributed by atoms with E-state index in [-0.39, 0.29) is 16.8 Å². The summed E-state index contributed by atoms with van der Waals surface area (Å²) in [4.78, 5) is 11.3. The Morgan fingerprint density at radius 1 is 1.22 bits per heavy atom. The molecular formula is C15H18BrF3O4. The lowest BCUT2D eigenvalue weighted by Crippen LogP contribution is -2.66. The first kappa shape index (κ1) is 16.2. The molecule has 1 aliphatic carbocycles. The molecule has 5 aliphatic rings. The molecule has 2 unspecified atom stereocenters. The predicted molar refractivity (Wildman–Crippen MR) is 76.2 cm³/mol. The van der Waals surface area contributed by atoms with Crippen LogP contribution in [-0.4, -0.2) is 29.2 Å². The Kier molecular flexibility index (Phi) is 3.58. The highest BCUT2D eigenvalue weighted by atomic mass is 79.9. The molecule has 0 aromatic heterocycles. The monoisotopic (exact) mass is 398 g/mol. The molecule has 130 valence electrons. The Bertz CT molecular complexity index is 551. The second kappa shape index (κ2) is 5.09. The van der Waals surface area contributed by atoms with Gasteiger partial charge in [0.05, 0.1) is 0 Å². The smallest absolute Gasteiger partial charge is 0.449 e. The van der Waals surface area contributed by atoms with Crippen molar-refractivity contribution in [3.8, 4) is 0 Å². The van der Waals surface area contributed by atoms with Gasteiger partial charge in [-0.2, -0.15) is 13.2 Å². The Morgan fingerprint density at radius 2 is 2.00 bits per heavy atom. The quantitative estimate of drug-likeness (QED) is 0.490. The third kappa shape index (κ3) is 2.21. The molecule has 4 nitrogen and oxygen atoms in total. The molecule has 4 heterocycles. The van der Waals surface area contributed by atoms with Crippen molar-refractivity contribution in [1.29, 1.82) is 0 Å². The lowest BCUT2D eigenvalue weighted by Gasteiger charge is -2.56. The molecule has 1 saturated carbocycles. The van der Waals surface area contributed by atoms with Crippen LogP contribution in [0.5, 0.6) is 0 Å². The van der Waals surface area contributed by atoms with Crippen LogP contribution in [0.25, 0.3) is 0 Å². The maximum absolute atomic E-state index is 13.5. The van der Waals surface area contributed by atoms with E-state index in [1.165, 1.54) is 0 Å². The van der Waals surface area contributed by atoms with Crippen LogP contribution in [0.2, 0.25) is 0 Å². The van der Waals surface area contributed by atoms with Crippen LogP contribution >= 0.6 is 15.9 Å². The zero-order valence-electron chi connectivity index (χ0n) is 12.6. The van der Waals surface area contributed by atoms with Gasteiger partial charge in [0, 0.05) is 17.7 Å². The number of allylic oxidation sites excluding steroid dienone is 1. The molecule has 4 aliphatic heterocycles. The number of hydrogen-bond acceptors (Lipinski definition) is 4. The zero-order valence-corrected chi connectivity index (χ0v) is 14.2.